The molecule has 3 nitrogen and oxygen atoms in total. The standard InChI is InChI=1S/C17H11I2NO2S2/c1-22-15-10(7-11(18)9-13(15)19)8-14-16(21)20(17(23)24-14)12-5-3-2-4-6-12/h2-9H,1H3/b14-8+. The lowest BCUT2D eigenvalue weighted by Crippen LogP contribution is -2.27. The first kappa shape index (κ1) is 18.2. The van der Waals surface area contributed by atoms with Crippen LogP contribution in [0.4, 0.5) is 5.69 Å². The van der Waals surface area contributed by atoms with Crippen molar-refractivity contribution >= 4 is 91.2 Å². The van der Waals surface area contributed by atoms with Gasteiger partial charge in [-0.2, -0.15) is 0 Å². The highest BCUT2D eigenvalue weighted by molar-refractivity contribution is 14.1. The maximum Gasteiger partial charge on any atom is 0.270 e. The van der Waals surface area contributed by atoms with Crippen LogP contribution in [0.5, 0.6) is 5.75 Å². The Morgan fingerprint density at radius 3 is 2.58 bits per heavy atom. The Morgan fingerprint density at radius 1 is 1.21 bits per heavy atom. The number of carbonyl (C=O) groups is 1. The summed E-state index contributed by atoms with van der Waals surface area (Å²) in [5.41, 5.74) is 1.66. The van der Waals surface area contributed by atoms with Crippen molar-refractivity contribution in [3.8, 4) is 5.75 Å². The Balaban J connectivity index is 2.01. The van der Waals surface area contributed by atoms with E-state index in [1.165, 1.54) is 11.8 Å². The second kappa shape index (κ2) is 7.71. The zero-order chi connectivity index (χ0) is 17.3. The summed E-state index contributed by atoms with van der Waals surface area (Å²) in [6, 6.07) is 13.5. The largest absolute Gasteiger partial charge is 0.495 e. The fourth-order valence-electron chi connectivity index (χ4n) is 2.31. The van der Waals surface area contributed by atoms with E-state index in [4.69, 9.17) is 17.0 Å². The number of halogens is 2. The first-order valence-electron chi connectivity index (χ1n) is 6.87. The number of thioether (sulfide) groups is 1. The van der Waals surface area contributed by atoms with Crippen LogP contribution in [-0.4, -0.2) is 17.3 Å². The van der Waals surface area contributed by atoms with Crippen molar-refractivity contribution in [2.75, 3.05) is 12.0 Å². The van der Waals surface area contributed by atoms with Crippen molar-refractivity contribution < 1.29 is 9.53 Å². The summed E-state index contributed by atoms with van der Waals surface area (Å²) >= 11 is 11.2. The third-order valence-electron chi connectivity index (χ3n) is 3.34. The van der Waals surface area contributed by atoms with Crippen molar-refractivity contribution in [1.29, 1.82) is 0 Å². The van der Waals surface area contributed by atoms with Crippen LogP contribution >= 0.6 is 69.2 Å². The van der Waals surface area contributed by atoms with Gasteiger partial charge in [0.2, 0.25) is 0 Å². The normalized spacial score (nSPS) is 16.1. The molecule has 3 rings (SSSR count). The van der Waals surface area contributed by atoms with Crippen LogP contribution in [0.2, 0.25) is 0 Å². The van der Waals surface area contributed by atoms with Gasteiger partial charge in [0, 0.05) is 9.13 Å². The molecule has 0 N–H and O–H groups in total. The molecule has 122 valence electrons. The van der Waals surface area contributed by atoms with Gasteiger partial charge in [-0.25, -0.2) is 0 Å². The third kappa shape index (κ3) is 3.63. The lowest BCUT2D eigenvalue weighted by atomic mass is 10.2. The fourth-order valence-corrected chi connectivity index (χ4v) is 5.71. The monoisotopic (exact) mass is 579 g/mol. The molecule has 1 saturated heterocycles. The molecular formula is C17H11I2NO2S2. The Labute approximate surface area is 177 Å². The van der Waals surface area contributed by atoms with Gasteiger partial charge in [0.05, 0.1) is 21.3 Å². The summed E-state index contributed by atoms with van der Waals surface area (Å²) in [5, 5.41) is 0. The van der Waals surface area contributed by atoms with Gasteiger partial charge < -0.3 is 4.74 Å². The predicted octanol–water partition coefficient (Wildman–Crippen LogP) is 5.31. The number of carbonyl (C=O) groups excluding carboxylic acids is 1. The third-order valence-corrected chi connectivity index (χ3v) is 6.06. The molecule has 24 heavy (non-hydrogen) atoms. The number of rotatable bonds is 3. The summed E-state index contributed by atoms with van der Waals surface area (Å²) in [7, 11) is 1.64. The van der Waals surface area contributed by atoms with Gasteiger partial charge in [-0.05, 0) is 75.5 Å². The number of methoxy groups -OCH3 is 1. The molecule has 0 radical (unpaired) electrons. The highest BCUT2D eigenvalue weighted by Gasteiger charge is 2.33. The maximum atomic E-state index is 12.8. The number of anilines is 1. The van der Waals surface area contributed by atoms with Crippen LogP contribution in [0.3, 0.4) is 0 Å². The molecule has 0 spiro atoms. The summed E-state index contributed by atoms with van der Waals surface area (Å²) in [5.74, 6) is 0.660. The van der Waals surface area contributed by atoms with Crippen LogP contribution in [0.1, 0.15) is 5.56 Å². The van der Waals surface area contributed by atoms with Crippen molar-refractivity contribution in [3.05, 3.63) is 60.1 Å². The van der Waals surface area contributed by atoms with E-state index in [1.807, 2.05) is 48.5 Å². The highest BCUT2D eigenvalue weighted by atomic mass is 127. The number of hydrogen-bond donors (Lipinski definition) is 0. The molecule has 0 atom stereocenters. The minimum Gasteiger partial charge on any atom is -0.495 e. The molecule has 7 heteroatoms. The number of benzene rings is 2. The van der Waals surface area contributed by atoms with Crippen LogP contribution < -0.4 is 9.64 Å². The quantitative estimate of drug-likeness (QED) is 0.280. The molecule has 2 aromatic carbocycles. The van der Waals surface area contributed by atoms with E-state index in [0.29, 0.717) is 9.23 Å². The zero-order valence-electron chi connectivity index (χ0n) is 12.5. The lowest BCUT2D eigenvalue weighted by molar-refractivity contribution is -0.113. The van der Waals surface area contributed by atoms with E-state index in [1.54, 1.807) is 12.0 Å². The molecule has 0 aromatic heterocycles. The van der Waals surface area contributed by atoms with E-state index in [9.17, 15) is 4.79 Å². The molecule has 1 heterocycles. The van der Waals surface area contributed by atoms with Crippen LogP contribution in [0, 0.1) is 7.14 Å². The minimum absolute atomic E-state index is 0.105. The summed E-state index contributed by atoms with van der Waals surface area (Å²) in [4.78, 5) is 15.0. The molecule has 1 aliphatic heterocycles. The van der Waals surface area contributed by atoms with Crippen LogP contribution in [0.15, 0.2) is 47.4 Å². The smallest absolute Gasteiger partial charge is 0.270 e. The average Bonchev–Trinajstić information content (AvgIpc) is 2.82. The van der Waals surface area contributed by atoms with Gasteiger partial charge in [-0.3, -0.25) is 9.69 Å². The summed E-state index contributed by atoms with van der Waals surface area (Å²) in [6.07, 6.45) is 1.85. The van der Waals surface area contributed by atoms with Crippen molar-refractivity contribution in [1.82, 2.24) is 0 Å². The zero-order valence-corrected chi connectivity index (χ0v) is 18.4. The molecule has 1 fully saturated rings. The first-order valence-corrected chi connectivity index (χ1v) is 10.3. The van der Waals surface area contributed by atoms with Crippen molar-refractivity contribution in [2.45, 2.75) is 0 Å². The van der Waals surface area contributed by atoms with Gasteiger partial charge in [0.15, 0.2) is 4.32 Å². The van der Waals surface area contributed by atoms with E-state index < -0.39 is 0 Å². The second-order valence-electron chi connectivity index (χ2n) is 4.86. The van der Waals surface area contributed by atoms with Gasteiger partial charge in [0.25, 0.3) is 5.91 Å². The lowest BCUT2D eigenvalue weighted by Gasteiger charge is -2.14. The summed E-state index contributed by atoms with van der Waals surface area (Å²) < 4.78 is 8.12. The number of amides is 1. The minimum atomic E-state index is -0.105. The van der Waals surface area contributed by atoms with Gasteiger partial charge in [0.1, 0.15) is 5.75 Å². The molecule has 0 saturated carbocycles. The maximum absolute atomic E-state index is 12.8. The Kier molecular flexibility index (Phi) is 5.83. The topological polar surface area (TPSA) is 29.5 Å². The van der Waals surface area contributed by atoms with E-state index in [2.05, 4.69) is 45.2 Å². The number of ether oxygens (including phenoxy) is 1. The second-order valence-corrected chi connectivity index (χ2v) is 8.95. The average molecular weight is 579 g/mol. The Bertz CT molecular complexity index is 853. The van der Waals surface area contributed by atoms with Crippen LogP contribution in [-0.2, 0) is 4.79 Å². The number of para-hydroxylation sites is 1. The summed E-state index contributed by atoms with van der Waals surface area (Å²) in [6.45, 7) is 0. The molecule has 0 bridgehead atoms. The highest BCUT2D eigenvalue weighted by Crippen LogP contribution is 2.38. The SMILES string of the molecule is COc1c(I)cc(I)cc1/C=C1/SC(=S)N(c2ccccc2)C1=O. The van der Waals surface area contributed by atoms with E-state index in [-0.39, 0.29) is 5.91 Å². The van der Waals surface area contributed by atoms with Crippen molar-refractivity contribution in [2.24, 2.45) is 0 Å². The Morgan fingerprint density at radius 2 is 1.92 bits per heavy atom. The number of hydrogen-bond acceptors (Lipinski definition) is 4. The van der Waals surface area contributed by atoms with E-state index in [0.717, 1.165) is 24.1 Å². The number of nitrogens with zero attached hydrogens (tertiary/aromatic N) is 1. The van der Waals surface area contributed by atoms with Crippen LogP contribution in [0.25, 0.3) is 6.08 Å². The predicted molar refractivity (Wildman–Crippen MR) is 121 cm³/mol. The van der Waals surface area contributed by atoms with Crippen molar-refractivity contribution in [3.63, 3.8) is 0 Å². The molecule has 1 amide bonds. The van der Waals surface area contributed by atoms with E-state index >= 15 is 0 Å². The molecule has 1 aliphatic rings. The van der Waals surface area contributed by atoms with Gasteiger partial charge in [-0.15, -0.1) is 0 Å². The first-order chi connectivity index (χ1) is 11.5. The molecule has 0 aliphatic carbocycles. The molecular weight excluding hydrogens is 568 g/mol. The number of thiocarbonyl (C=S) groups is 1. The molecule has 0 unspecified atom stereocenters. The molecule has 2 aromatic rings. The van der Waals surface area contributed by atoms with Gasteiger partial charge >= 0.3 is 0 Å². The van der Waals surface area contributed by atoms with Gasteiger partial charge in [-0.1, -0.05) is 42.2 Å². The Hall–Kier alpha value is -0.650. The fraction of sp³-hybridized carbons (Fsp3) is 0.0588.